The topological polar surface area (TPSA) is 71.7 Å². The van der Waals surface area contributed by atoms with Crippen LogP contribution in [-0.4, -0.2) is 25.7 Å². The van der Waals surface area contributed by atoms with Gasteiger partial charge >= 0.3 is 5.97 Å². The number of thioether (sulfide) groups is 1. The van der Waals surface area contributed by atoms with E-state index >= 15 is 0 Å². The molecule has 18 heavy (non-hydrogen) atoms. The summed E-state index contributed by atoms with van der Waals surface area (Å²) in [7, 11) is 0. The fraction of sp³-hybridized carbons (Fsp3) is 0.364. The first-order valence-corrected chi connectivity index (χ1v) is 7.28. The zero-order chi connectivity index (χ0) is 13.1. The number of nitrogens with zero attached hydrogens (tertiary/aromatic N) is 2. The van der Waals surface area contributed by atoms with E-state index in [1.165, 1.54) is 33.6 Å². The SMILES string of the molecule is CC(CC(=O)O)SCc1cc(=O)n2ccsc2n1. The van der Waals surface area contributed by atoms with Crippen LogP contribution in [-0.2, 0) is 10.5 Å². The van der Waals surface area contributed by atoms with Crippen molar-refractivity contribution in [2.45, 2.75) is 24.3 Å². The van der Waals surface area contributed by atoms with Gasteiger partial charge in [0.25, 0.3) is 5.56 Å². The first-order chi connectivity index (χ1) is 8.56. The van der Waals surface area contributed by atoms with Gasteiger partial charge in [-0.15, -0.1) is 11.3 Å². The molecule has 2 heterocycles. The number of aromatic nitrogens is 2. The lowest BCUT2D eigenvalue weighted by molar-refractivity contribution is -0.136. The van der Waals surface area contributed by atoms with Crippen molar-refractivity contribution in [2.24, 2.45) is 0 Å². The van der Waals surface area contributed by atoms with Gasteiger partial charge in [-0.2, -0.15) is 11.8 Å². The van der Waals surface area contributed by atoms with Crippen molar-refractivity contribution in [2.75, 3.05) is 0 Å². The van der Waals surface area contributed by atoms with Crippen molar-refractivity contribution in [3.8, 4) is 0 Å². The largest absolute Gasteiger partial charge is 0.481 e. The van der Waals surface area contributed by atoms with Gasteiger partial charge in [0.1, 0.15) is 0 Å². The van der Waals surface area contributed by atoms with Crippen molar-refractivity contribution in [3.05, 3.63) is 33.7 Å². The van der Waals surface area contributed by atoms with Gasteiger partial charge in [0.05, 0.1) is 12.1 Å². The summed E-state index contributed by atoms with van der Waals surface area (Å²) in [6.45, 7) is 1.86. The highest BCUT2D eigenvalue weighted by atomic mass is 32.2. The lowest BCUT2D eigenvalue weighted by atomic mass is 10.3. The molecule has 0 saturated carbocycles. The Morgan fingerprint density at radius 3 is 3.17 bits per heavy atom. The summed E-state index contributed by atoms with van der Waals surface area (Å²) in [6, 6.07) is 1.50. The number of hydrogen-bond donors (Lipinski definition) is 1. The van der Waals surface area contributed by atoms with Crippen LogP contribution in [0.4, 0.5) is 0 Å². The first kappa shape index (κ1) is 13.1. The molecule has 2 aromatic rings. The molecule has 0 bridgehead atoms. The number of hydrogen-bond acceptors (Lipinski definition) is 5. The van der Waals surface area contributed by atoms with Crippen molar-refractivity contribution in [3.63, 3.8) is 0 Å². The summed E-state index contributed by atoms with van der Waals surface area (Å²) in [5, 5.41) is 10.5. The van der Waals surface area contributed by atoms with E-state index < -0.39 is 5.97 Å². The standard InChI is InChI=1S/C11H12N2O3S2/c1-7(4-10(15)16)18-6-8-5-9(14)13-2-3-17-11(13)12-8/h2-3,5,7H,4,6H2,1H3,(H,15,16). The Hall–Kier alpha value is -1.34. The molecular weight excluding hydrogens is 272 g/mol. The lowest BCUT2D eigenvalue weighted by Crippen LogP contribution is -2.13. The number of carboxylic acid groups (broad SMARTS) is 1. The van der Waals surface area contributed by atoms with Crippen LogP contribution in [0.1, 0.15) is 19.0 Å². The van der Waals surface area contributed by atoms with Gasteiger partial charge in [-0.25, -0.2) is 4.98 Å². The van der Waals surface area contributed by atoms with Gasteiger partial charge < -0.3 is 5.11 Å². The third-order valence-electron chi connectivity index (χ3n) is 2.33. The normalized spacial score (nSPS) is 12.7. The highest BCUT2D eigenvalue weighted by Gasteiger charge is 2.10. The van der Waals surface area contributed by atoms with E-state index in [0.717, 1.165) is 0 Å². The second-order valence-corrected chi connectivity index (χ2v) is 6.16. The molecule has 1 N–H and O–H groups in total. The summed E-state index contributed by atoms with van der Waals surface area (Å²) in [6.07, 6.45) is 1.81. The second kappa shape index (κ2) is 5.53. The third kappa shape index (κ3) is 3.11. The van der Waals surface area contributed by atoms with E-state index in [-0.39, 0.29) is 17.2 Å². The van der Waals surface area contributed by atoms with Crippen LogP contribution in [0.3, 0.4) is 0 Å². The summed E-state index contributed by atoms with van der Waals surface area (Å²) in [4.78, 5) is 27.3. The average Bonchev–Trinajstić information content (AvgIpc) is 2.74. The summed E-state index contributed by atoms with van der Waals surface area (Å²) in [5.74, 6) is -0.255. The number of carboxylic acids is 1. The molecule has 96 valence electrons. The molecule has 2 aromatic heterocycles. The van der Waals surface area contributed by atoms with E-state index in [0.29, 0.717) is 16.4 Å². The van der Waals surface area contributed by atoms with Gasteiger partial charge in [0.2, 0.25) is 0 Å². The maximum Gasteiger partial charge on any atom is 0.304 e. The fourth-order valence-corrected chi connectivity index (χ4v) is 3.10. The summed E-state index contributed by atoms with van der Waals surface area (Å²) in [5.41, 5.74) is 0.604. The molecule has 0 aliphatic carbocycles. The maximum absolute atomic E-state index is 11.7. The van der Waals surface area contributed by atoms with Crippen molar-refractivity contribution in [1.82, 2.24) is 9.38 Å². The van der Waals surface area contributed by atoms with Crippen molar-refractivity contribution < 1.29 is 9.90 Å². The number of aliphatic carboxylic acids is 1. The molecule has 0 fully saturated rings. The lowest BCUT2D eigenvalue weighted by Gasteiger charge is -2.07. The Balaban J connectivity index is 2.08. The number of fused-ring (bicyclic) bond motifs is 1. The Morgan fingerprint density at radius 2 is 2.44 bits per heavy atom. The van der Waals surface area contributed by atoms with E-state index in [9.17, 15) is 9.59 Å². The quantitative estimate of drug-likeness (QED) is 0.907. The van der Waals surface area contributed by atoms with Gasteiger partial charge in [-0.3, -0.25) is 14.0 Å². The van der Waals surface area contributed by atoms with Crippen LogP contribution in [0.2, 0.25) is 0 Å². The number of rotatable bonds is 5. The van der Waals surface area contributed by atoms with Gasteiger partial charge in [-0.05, 0) is 0 Å². The Morgan fingerprint density at radius 1 is 1.67 bits per heavy atom. The third-order valence-corrected chi connectivity index (χ3v) is 4.29. The smallest absolute Gasteiger partial charge is 0.304 e. The van der Waals surface area contributed by atoms with Crippen LogP contribution in [0, 0.1) is 0 Å². The van der Waals surface area contributed by atoms with E-state index in [1.54, 1.807) is 6.20 Å². The first-order valence-electron chi connectivity index (χ1n) is 5.35. The van der Waals surface area contributed by atoms with Crippen LogP contribution >= 0.6 is 23.1 Å². The van der Waals surface area contributed by atoms with Crippen molar-refractivity contribution in [1.29, 1.82) is 0 Å². The number of thiazole rings is 1. The Bertz CT molecular complexity index is 620. The molecule has 0 aliphatic rings. The molecule has 2 rings (SSSR count). The zero-order valence-corrected chi connectivity index (χ0v) is 11.3. The fourth-order valence-electron chi connectivity index (χ4n) is 1.49. The Labute approximate surface area is 111 Å². The Kier molecular flexibility index (Phi) is 4.03. The molecule has 0 aliphatic heterocycles. The van der Waals surface area contributed by atoms with Crippen LogP contribution in [0.5, 0.6) is 0 Å². The van der Waals surface area contributed by atoms with Crippen LogP contribution in [0.25, 0.3) is 4.96 Å². The second-order valence-electron chi connectivity index (χ2n) is 3.86. The monoisotopic (exact) mass is 284 g/mol. The molecule has 0 spiro atoms. The summed E-state index contributed by atoms with van der Waals surface area (Å²) < 4.78 is 1.50. The minimum Gasteiger partial charge on any atom is -0.481 e. The van der Waals surface area contributed by atoms with Crippen LogP contribution < -0.4 is 5.56 Å². The maximum atomic E-state index is 11.7. The summed E-state index contributed by atoms with van der Waals surface area (Å²) >= 11 is 2.90. The minimum atomic E-state index is -0.809. The van der Waals surface area contributed by atoms with Gasteiger partial charge in [0.15, 0.2) is 4.96 Å². The predicted molar refractivity (Wildman–Crippen MR) is 72.3 cm³/mol. The molecule has 0 amide bonds. The molecule has 0 radical (unpaired) electrons. The van der Waals surface area contributed by atoms with E-state index in [2.05, 4.69) is 4.98 Å². The van der Waals surface area contributed by atoms with Gasteiger partial charge in [0, 0.05) is 28.6 Å². The van der Waals surface area contributed by atoms with Crippen molar-refractivity contribution >= 4 is 34.0 Å². The number of carbonyl (C=O) groups is 1. The molecule has 5 nitrogen and oxygen atoms in total. The average molecular weight is 284 g/mol. The molecule has 1 atom stereocenters. The molecular formula is C11H12N2O3S2. The molecule has 0 saturated heterocycles. The van der Waals surface area contributed by atoms with Crippen LogP contribution in [0.15, 0.2) is 22.4 Å². The zero-order valence-electron chi connectivity index (χ0n) is 9.70. The molecule has 0 aromatic carbocycles. The van der Waals surface area contributed by atoms with E-state index in [4.69, 9.17) is 5.11 Å². The van der Waals surface area contributed by atoms with Gasteiger partial charge in [-0.1, -0.05) is 6.92 Å². The highest BCUT2D eigenvalue weighted by Crippen LogP contribution is 2.19. The highest BCUT2D eigenvalue weighted by molar-refractivity contribution is 7.99. The molecule has 1 unspecified atom stereocenters. The minimum absolute atomic E-state index is 0.00564. The van der Waals surface area contributed by atoms with E-state index in [1.807, 2.05) is 12.3 Å². The molecule has 7 heteroatoms. The predicted octanol–water partition coefficient (Wildman–Crippen LogP) is 1.85.